The first-order chi connectivity index (χ1) is 18.5. The van der Waals surface area contributed by atoms with Gasteiger partial charge in [0.05, 0.1) is 6.61 Å². The van der Waals surface area contributed by atoms with Gasteiger partial charge in [0, 0.05) is 30.9 Å². The van der Waals surface area contributed by atoms with Gasteiger partial charge in [-0.25, -0.2) is 4.79 Å². The number of nitrogens with zero attached hydrogens (tertiary/aromatic N) is 2. The maximum Gasteiger partial charge on any atom is 0.330 e. The van der Waals surface area contributed by atoms with E-state index < -0.39 is 84.4 Å². The molecule has 15 heteroatoms. The Kier molecular flexibility index (Phi) is 8.29. The van der Waals surface area contributed by atoms with Crippen molar-refractivity contribution in [1.82, 2.24) is 9.55 Å². The van der Waals surface area contributed by atoms with Crippen molar-refractivity contribution in [2.45, 2.75) is 43.0 Å². The summed E-state index contributed by atoms with van der Waals surface area (Å²) in [7, 11) is 1.46. The van der Waals surface area contributed by atoms with Crippen LogP contribution in [0, 0.1) is 5.92 Å². The summed E-state index contributed by atoms with van der Waals surface area (Å²) >= 11 is 0. The van der Waals surface area contributed by atoms with Gasteiger partial charge in [0.2, 0.25) is 12.2 Å². The number of nitrogens with two attached hydrogens (primary N) is 1. The molecule has 7 N–H and O–H groups in total. The third kappa shape index (κ3) is 5.63. The number of aromatic amines is 1. The number of carbonyl (C=O) groups excluding carboxylic acids is 2. The van der Waals surface area contributed by atoms with Crippen LogP contribution in [0.2, 0.25) is 0 Å². The number of nitrogens with one attached hydrogen (secondary N) is 1. The standard InChI is InChI=1S/C24H28N4O11/c1-27(11-5-3-2-4-6-11)21(35)14-9-13(30)17(33)23(37-14)39-19(20(25)34)18-12(10-29)16(32)22(38-18)28-8-7-15(31)26-24(28)36/h2-9,12-13,16-19,22-23,29-30,32-33H,10H2,1H3,(H2,25,34)(H,26,31,36)/t12-,13-,16+,17-,18-,19+,22+,23+/m0/s1. The molecule has 1 saturated heterocycles. The molecule has 15 nitrogen and oxygen atoms in total. The summed E-state index contributed by atoms with van der Waals surface area (Å²) in [4.78, 5) is 52.3. The number of aromatic nitrogens is 2. The Morgan fingerprint density at radius 3 is 2.46 bits per heavy atom. The molecular formula is C24H28N4O11. The number of amides is 2. The van der Waals surface area contributed by atoms with Crippen molar-refractivity contribution >= 4 is 17.5 Å². The summed E-state index contributed by atoms with van der Waals surface area (Å²) < 4.78 is 17.6. The van der Waals surface area contributed by atoms with E-state index in [-0.39, 0.29) is 0 Å². The average Bonchev–Trinajstić information content (AvgIpc) is 3.24. The molecule has 2 aliphatic heterocycles. The van der Waals surface area contributed by atoms with E-state index in [2.05, 4.69) is 0 Å². The van der Waals surface area contributed by atoms with E-state index in [1.807, 2.05) is 4.98 Å². The highest BCUT2D eigenvalue weighted by atomic mass is 16.7. The largest absolute Gasteiger partial charge is 0.456 e. The minimum atomic E-state index is -1.81. The van der Waals surface area contributed by atoms with Crippen LogP contribution in [0.3, 0.4) is 0 Å². The quantitative estimate of drug-likeness (QED) is 0.194. The molecule has 0 aliphatic carbocycles. The van der Waals surface area contributed by atoms with E-state index in [1.165, 1.54) is 11.9 Å². The van der Waals surface area contributed by atoms with Gasteiger partial charge in [0.1, 0.15) is 24.4 Å². The Labute approximate surface area is 220 Å². The highest BCUT2D eigenvalue weighted by molar-refractivity contribution is 6.04. The molecule has 0 unspecified atom stereocenters. The van der Waals surface area contributed by atoms with Crippen molar-refractivity contribution in [3.63, 3.8) is 0 Å². The number of hydrogen-bond donors (Lipinski definition) is 6. The molecule has 39 heavy (non-hydrogen) atoms. The molecule has 8 atom stereocenters. The molecule has 4 rings (SSSR count). The summed E-state index contributed by atoms with van der Waals surface area (Å²) in [6.07, 6.45) is -9.47. The van der Waals surface area contributed by atoms with Crippen LogP contribution in [0.1, 0.15) is 6.23 Å². The maximum absolute atomic E-state index is 13.0. The van der Waals surface area contributed by atoms with E-state index in [0.717, 1.165) is 22.9 Å². The molecule has 0 radical (unpaired) electrons. The number of primary amides is 1. The highest BCUT2D eigenvalue weighted by Gasteiger charge is 2.51. The zero-order chi connectivity index (χ0) is 28.4. The fourth-order valence-corrected chi connectivity index (χ4v) is 4.38. The SMILES string of the molecule is CN(C(=O)C1=C[C@H](O)[C@H](O)[C@@H](O[C@@H](C(N)=O)[C@H]2O[C@@H](n3ccc(=O)[nH]c3=O)[C@H](O)[C@@H]2CO)O1)c1ccccc1. The number of aliphatic hydroxyl groups is 4. The lowest BCUT2D eigenvalue weighted by Gasteiger charge is -2.35. The number of rotatable bonds is 8. The van der Waals surface area contributed by atoms with Crippen molar-refractivity contribution < 1.29 is 44.2 Å². The van der Waals surface area contributed by atoms with Crippen LogP contribution in [0.5, 0.6) is 0 Å². The summed E-state index contributed by atoms with van der Waals surface area (Å²) in [6, 6.07) is 9.49. The van der Waals surface area contributed by atoms with E-state index >= 15 is 0 Å². The zero-order valence-electron chi connectivity index (χ0n) is 20.6. The minimum Gasteiger partial charge on any atom is -0.456 e. The molecule has 0 saturated carbocycles. The summed E-state index contributed by atoms with van der Waals surface area (Å²) in [5.41, 5.74) is 4.39. The van der Waals surface area contributed by atoms with Crippen LogP contribution in [-0.4, -0.2) is 92.3 Å². The number of H-pyrrole nitrogens is 1. The first kappa shape index (κ1) is 28.2. The van der Waals surface area contributed by atoms with E-state index in [4.69, 9.17) is 19.9 Å². The topological polar surface area (TPSA) is 227 Å². The fourth-order valence-electron chi connectivity index (χ4n) is 4.38. The number of ether oxygens (including phenoxy) is 3. The van der Waals surface area contributed by atoms with Crippen LogP contribution in [0.25, 0.3) is 0 Å². The molecule has 2 aromatic rings. The Balaban J connectivity index is 1.57. The number of likely N-dealkylation sites (N-methyl/N-ethyl adjacent to an activating group) is 1. The number of carbonyl (C=O) groups is 2. The number of aliphatic hydroxyl groups excluding tert-OH is 4. The van der Waals surface area contributed by atoms with Gasteiger partial charge in [-0.3, -0.25) is 23.9 Å². The minimum absolute atomic E-state index is 0.392. The molecule has 1 aromatic carbocycles. The van der Waals surface area contributed by atoms with Gasteiger partial charge in [0.25, 0.3) is 11.5 Å². The smallest absolute Gasteiger partial charge is 0.330 e. The molecule has 2 aliphatic rings. The third-order valence-corrected chi connectivity index (χ3v) is 6.50. The predicted molar refractivity (Wildman–Crippen MR) is 131 cm³/mol. The van der Waals surface area contributed by atoms with Gasteiger partial charge >= 0.3 is 5.69 Å². The van der Waals surface area contributed by atoms with Crippen molar-refractivity contribution in [2.75, 3.05) is 18.6 Å². The Morgan fingerprint density at radius 1 is 1.15 bits per heavy atom. The monoisotopic (exact) mass is 548 g/mol. The highest BCUT2D eigenvalue weighted by Crippen LogP contribution is 2.36. The fraction of sp³-hybridized carbons (Fsp3) is 0.417. The predicted octanol–water partition coefficient (Wildman–Crippen LogP) is -3.10. The number of anilines is 1. The lowest BCUT2D eigenvalue weighted by Crippen LogP contribution is -2.53. The van der Waals surface area contributed by atoms with Gasteiger partial charge in [-0.15, -0.1) is 0 Å². The van der Waals surface area contributed by atoms with Gasteiger partial charge in [0.15, 0.2) is 18.1 Å². The second-order valence-corrected chi connectivity index (χ2v) is 9.00. The first-order valence-corrected chi connectivity index (χ1v) is 11.8. The summed E-state index contributed by atoms with van der Waals surface area (Å²) in [6.45, 7) is -0.740. The summed E-state index contributed by atoms with van der Waals surface area (Å²) in [5, 5.41) is 41.5. The van der Waals surface area contributed by atoms with Gasteiger partial charge < -0.3 is 45.3 Å². The molecule has 0 spiro atoms. The summed E-state index contributed by atoms with van der Waals surface area (Å²) in [5.74, 6) is -3.47. The Hall–Kier alpha value is -3.86. The van der Waals surface area contributed by atoms with Crippen LogP contribution in [-0.2, 0) is 23.8 Å². The maximum atomic E-state index is 13.0. The van der Waals surface area contributed by atoms with Crippen molar-refractivity contribution in [3.8, 4) is 0 Å². The van der Waals surface area contributed by atoms with Gasteiger partial charge in [-0.1, -0.05) is 18.2 Å². The first-order valence-electron chi connectivity index (χ1n) is 11.8. The normalized spacial score (nSPS) is 29.3. The van der Waals surface area contributed by atoms with Crippen LogP contribution >= 0.6 is 0 Å². The second kappa shape index (κ2) is 11.5. The number of benzene rings is 1. The van der Waals surface area contributed by atoms with Gasteiger partial charge in [-0.05, 0) is 18.2 Å². The second-order valence-electron chi connectivity index (χ2n) is 9.00. The Morgan fingerprint density at radius 2 is 1.85 bits per heavy atom. The molecule has 3 heterocycles. The Bertz CT molecular complexity index is 1340. The van der Waals surface area contributed by atoms with Crippen LogP contribution < -0.4 is 21.9 Å². The third-order valence-electron chi connectivity index (χ3n) is 6.50. The lowest BCUT2D eigenvalue weighted by atomic mass is 9.94. The van der Waals surface area contributed by atoms with Crippen LogP contribution in [0.15, 0.2) is 64.0 Å². The molecule has 210 valence electrons. The van der Waals surface area contributed by atoms with Crippen molar-refractivity contribution in [3.05, 3.63) is 75.3 Å². The van der Waals surface area contributed by atoms with Crippen molar-refractivity contribution in [2.24, 2.45) is 11.7 Å². The zero-order valence-corrected chi connectivity index (χ0v) is 20.6. The van der Waals surface area contributed by atoms with Crippen molar-refractivity contribution in [1.29, 1.82) is 0 Å². The number of hydrogen-bond acceptors (Lipinski definition) is 11. The van der Waals surface area contributed by atoms with E-state index in [1.54, 1.807) is 30.3 Å². The molecule has 0 bridgehead atoms. The van der Waals surface area contributed by atoms with E-state index in [9.17, 15) is 39.6 Å². The molecule has 1 fully saturated rings. The van der Waals surface area contributed by atoms with E-state index in [0.29, 0.717) is 5.69 Å². The molecule has 2 amide bonds. The molecular weight excluding hydrogens is 520 g/mol. The van der Waals surface area contributed by atoms with Crippen LogP contribution in [0.4, 0.5) is 5.69 Å². The van der Waals surface area contributed by atoms with Gasteiger partial charge in [-0.2, -0.15) is 0 Å². The average molecular weight is 549 g/mol. The lowest BCUT2D eigenvalue weighted by molar-refractivity contribution is -0.239. The molecule has 1 aromatic heterocycles. The number of para-hydroxylation sites is 1.